The van der Waals surface area contributed by atoms with Gasteiger partial charge in [-0.25, -0.2) is 9.13 Å². The summed E-state index contributed by atoms with van der Waals surface area (Å²) < 4.78 is 68.5. The summed E-state index contributed by atoms with van der Waals surface area (Å²) in [7, 11) is -9.94. The van der Waals surface area contributed by atoms with Gasteiger partial charge in [-0.05, 0) is 77.0 Å². The molecular formula is C78H144O17P2. The fraction of sp³-hybridized carbons (Fsp3) is 0.846. The Kier molecular flexibility index (Phi) is 69.2. The number of unbranched alkanes of at least 4 members (excludes halogenated alkanes) is 43. The Morgan fingerprint density at radius 2 is 0.495 bits per heavy atom. The summed E-state index contributed by atoms with van der Waals surface area (Å²) in [5.74, 6) is -2.17. The zero-order valence-corrected chi connectivity index (χ0v) is 63.8. The van der Waals surface area contributed by atoms with Crippen LogP contribution >= 0.6 is 15.6 Å². The van der Waals surface area contributed by atoms with Gasteiger partial charge in [-0.15, -0.1) is 0 Å². The van der Waals surface area contributed by atoms with Crippen LogP contribution in [0.4, 0.5) is 0 Å². The van der Waals surface area contributed by atoms with Crippen LogP contribution in [-0.2, 0) is 65.4 Å². The smallest absolute Gasteiger partial charge is 0.462 e. The van der Waals surface area contributed by atoms with Crippen molar-refractivity contribution in [1.82, 2.24) is 0 Å². The van der Waals surface area contributed by atoms with Crippen molar-refractivity contribution in [2.75, 3.05) is 39.6 Å². The highest BCUT2D eigenvalue weighted by Gasteiger charge is 2.30. The number of allylic oxidation sites excluding steroid dienone is 8. The van der Waals surface area contributed by atoms with E-state index in [2.05, 4.69) is 76.3 Å². The average molecular weight is 1420 g/mol. The van der Waals surface area contributed by atoms with Gasteiger partial charge in [0, 0.05) is 25.7 Å². The lowest BCUT2D eigenvalue weighted by molar-refractivity contribution is -0.161. The molecule has 0 rings (SSSR count). The Morgan fingerprint density at radius 1 is 0.289 bits per heavy atom. The number of carbonyl (C=O) groups excluding carboxylic acids is 4. The summed E-state index contributed by atoms with van der Waals surface area (Å²) in [6.45, 7) is 4.88. The van der Waals surface area contributed by atoms with Gasteiger partial charge in [-0.3, -0.25) is 37.3 Å². The molecule has 2 unspecified atom stereocenters. The standard InChI is InChI=1S/C78H144O17P2/c1-5-9-13-17-21-25-29-33-36-40-43-47-51-55-59-63-76(81)89-69-74(95-78(83)65-61-57-53-49-45-41-37-34-30-26-22-18-14-10-6-2)71-93-97(86,87)91-67-72(79)66-90-96(84,85)92-70-73(68-88-75(80)62-58-54-50-46-42-38-32-28-24-20-16-12-8-4)94-77(82)64-60-56-52-48-44-39-35-31-27-23-19-15-11-7-3/h25-26,29-30,33-34,36-37,72-74,79H,5-24,27-28,31-32,35,38-71H2,1-4H3,(H,84,85)(H,86,87)/b29-25-,30-26-,36-33-,37-34-/t72-,73+,74+/m0/s1. The quantitative estimate of drug-likeness (QED) is 0.0169. The summed E-state index contributed by atoms with van der Waals surface area (Å²) in [5.41, 5.74) is 0. The number of carbonyl (C=O) groups is 4. The molecule has 0 bridgehead atoms. The average Bonchev–Trinajstić information content (AvgIpc) is 2.46. The second-order valence-corrected chi connectivity index (χ2v) is 29.6. The first-order valence-electron chi connectivity index (χ1n) is 39.4. The van der Waals surface area contributed by atoms with Crippen LogP contribution in [0, 0.1) is 0 Å². The predicted molar refractivity (Wildman–Crippen MR) is 395 cm³/mol. The minimum Gasteiger partial charge on any atom is -0.462 e. The van der Waals surface area contributed by atoms with Crippen LogP contribution in [-0.4, -0.2) is 96.7 Å². The zero-order chi connectivity index (χ0) is 71.1. The zero-order valence-electron chi connectivity index (χ0n) is 62.0. The highest BCUT2D eigenvalue weighted by Crippen LogP contribution is 2.45. The molecule has 0 aromatic carbocycles. The molecule has 0 aromatic heterocycles. The van der Waals surface area contributed by atoms with E-state index in [-0.39, 0.29) is 25.7 Å². The van der Waals surface area contributed by atoms with Crippen LogP contribution in [0.3, 0.4) is 0 Å². The number of hydrogen-bond acceptors (Lipinski definition) is 15. The summed E-state index contributed by atoms with van der Waals surface area (Å²) >= 11 is 0. The van der Waals surface area contributed by atoms with Gasteiger partial charge in [-0.2, -0.15) is 0 Å². The molecule has 0 amide bonds. The Bertz CT molecular complexity index is 2030. The number of aliphatic hydroxyl groups excluding tert-OH is 1. The largest absolute Gasteiger partial charge is 0.472 e. The van der Waals surface area contributed by atoms with E-state index in [1.165, 1.54) is 167 Å². The minimum atomic E-state index is -4.97. The minimum absolute atomic E-state index is 0.0787. The number of aliphatic hydroxyl groups is 1. The van der Waals surface area contributed by atoms with E-state index in [1.54, 1.807) is 0 Å². The second-order valence-electron chi connectivity index (χ2n) is 26.7. The normalized spacial score (nSPS) is 14.2. The van der Waals surface area contributed by atoms with E-state index in [0.717, 1.165) is 122 Å². The van der Waals surface area contributed by atoms with Crippen molar-refractivity contribution < 1.29 is 80.2 Å². The Morgan fingerprint density at radius 3 is 0.753 bits per heavy atom. The number of hydrogen-bond donors (Lipinski definition) is 3. The molecule has 0 aliphatic heterocycles. The fourth-order valence-corrected chi connectivity index (χ4v) is 12.6. The van der Waals surface area contributed by atoms with Crippen molar-refractivity contribution in [3.63, 3.8) is 0 Å². The fourth-order valence-electron chi connectivity index (χ4n) is 11.0. The molecule has 97 heavy (non-hydrogen) atoms. The molecule has 0 heterocycles. The number of phosphoric ester groups is 2. The maximum atomic E-state index is 13.1. The number of rotatable bonds is 75. The van der Waals surface area contributed by atoms with Gasteiger partial charge >= 0.3 is 39.5 Å². The molecule has 0 saturated heterocycles. The molecule has 0 spiro atoms. The maximum absolute atomic E-state index is 13.1. The molecule has 17 nitrogen and oxygen atoms in total. The van der Waals surface area contributed by atoms with E-state index >= 15 is 0 Å². The van der Waals surface area contributed by atoms with Crippen LogP contribution in [0.15, 0.2) is 48.6 Å². The molecule has 568 valence electrons. The van der Waals surface area contributed by atoms with Crippen LogP contribution in [0.5, 0.6) is 0 Å². The first kappa shape index (κ1) is 94.0. The van der Waals surface area contributed by atoms with Crippen molar-refractivity contribution in [2.45, 2.75) is 386 Å². The molecular weight excluding hydrogens is 1270 g/mol. The molecule has 5 atom stereocenters. The van der Waals surface area contributed by atoms with E-state index < -0.39 is 97.5 Å². The Balaban J connectivity index is 5.33. The van der Waals surface area contributed by atoms with Gasteiger partial charge in [0.05, 0.1) is 26.4 Å². The number of esters is 4. The van der Waals surface area contributed by atoms with Gasteiger partial charge in [0.25, 0.3) is 0 Å². The van der Waals surface area contributed by atoms with Crippen LogP contribution in [0.1, 0.15) is 368 Å². The Labute approximate surface area is 591 Å². The monoisotopic (exact) mass is 1410 g/mol. The molecule has 0 fully saturated rings. The van der Waals surface area contributed by atoms with Crippen LogP contribution in [0.2, 0.25) is 0 Å². The molecule has 0 saturated carbocycles. The van der Waals surface area contributed by atoms with Crippen molar-refractivity contribution in [2.24, 2.45) is 0 Å². The van der Waals surface area contributed by atoms with Gasteiger partial charge in [-0.1, -0.05) is 314 Å². The van der Waals surface area contributed by atoms with Crippen molar-refractivity contribution in [3.05, 3.63) is 48.6 Å². The van der Waals surface area contributed by atoms with Gasteiger partial charge < -0.3 is 33.8 Å². The molecule has 3 N–H and O–H groups in total. The first-order valence-corrected chi connectivity index (χ1v) is 42.4. The van der Waals surface area contributed by atoms with Gasteiger partial charge in [0.1, 0.15) is 19.3 Å². The molecule has 0 aromatic rings. The van der Waals surface area contributed by atoms with Crippen LogP contribution in [0.25, 0.3) is 0 Å². The first-order chi connectivity index (χ1) is 47.2. The third kappa shape index (κ3) is 71.2. The lowest BCUT2D eigenvalue weighted by atomic mass is 10.0. The highest BCUT2D eigenvalue weighted by atomic mass is 31.2. The summed E-state index contributed by atoms with van der Waals surface area (Å²) in [6.07, 6.45) is 68.0. The van der Waals surface area contributed by atoms with Gasteiger partial charge in [0.15, 0.2) is 12.2 Å². The highest BCUT2D eigenvalue weighted by molar-refractivity contribution is 7.47. The van der Waals surface area contributed by atoms with E-state index in [1.807, 2.05) is 0 Å². The van der Waals surface area contributed by atoms with Crippen LogP contribution < -0.4 is 0 Å². The topological polar surface area (TPSA) is 237 Å². The van der Waals surface area contributed by atoms with Gasteiger partial charge in [0.2, 0.25) is 0 Å². The van der Waals surface area contributed by atoms with E-state index in [0.29, 0.717) is 25.7 Å². The summed E-state index contributed by atoms with van der Waals surface area (Å²) in [6, 6.07) is 0. The molecule has 0 aliphatic carbocycles. The molecule has 0 aliphatic rings. The predicted octanol–water partition coefficient (Wildman–Crippen LogP) is 22.5. The molecule has 19 heteroatoms. The third-order valence-electron chi connectivity index (χ3n) is 17.1. The van der Waals surface area contributed by atoms with Crippen molar-refractivity contribution >= 4 is 39.5 Å². The van der Waals surface area contributed by atoms with E-state index in [4.69, 9.17) is 37.0 Å². The van der Waals surface area contributed by atoms with Crippen molar-refractivity contribution in [3.8, 4) is 0 Å². The second kappa shape index (κ2) is 71.4. The SMILES string of the molecule is CCCCCC/C=C\C=C/CCCCCCCC(=O)OC[C@H](COP(=O)(O)OC[C@@H](O)COP(=O)(O)OC[C@@H](COC(=O)CCCCCCCCCCCCCCC)OC(=O)CCCCCCCCCCCCCCCC)OC(=O)CCCCCCC/C=C\C=C/CCCCCC. The number of ether oxygens (including phenoxy) is 4. The third-order valence-corrected chi connectivity index (χ3v) is 19.0. The lowest BCUT2D eigenvalue weighted by Gasteiger charge is -2.21. The summed E-state index contributed by atoms with van der Waals surface area (Å²) in [5, 5.41) is 10.6. The Hall–Kier alpha value is -2.98. The maximum Gasteiger partial charge on any atom is 0.472 e. The molecule has 0 radical (unpaired) electrons. The lowest BCUT2D eigenvalue weighted by Crippen LogP contribution is -2.30. The summed E-state index contributed by atoms with van der Waals surface area (Å²) in [4.78, 5) is 72.9. The number of phosphoric acid groups is 2. The van der Waals surface area contributed by atoms with Crippen molar-refractivity contribution in [1.29, 1.82) is 0 Å². The van der Waals surface area contributed by atoms with E-state index in [9.17, 15) is 43.2 Å².